The molecule has 0 spiro atoms. The molecule has 3 N–H and O–H groups in total. The summed E-state index contributed by atoms with van der Waals surface area (Å²) >= 11 is 3.20. The van der Waals surface area contributed by atoms with Crippen molar-refractivity contribution in [2.45, 2.75) is 12.3 Å². The zero-order chi connectivity index (χ0) is 15.8. The molecule has 112 valence electrons. The molecule has 7 heteroatoms. The van der Waals surface area contributed by atoms with Crippen LogP contribution in [0, 0.1) is 5.82 Å². The number of alkyl halides is 3. The first kappa shape index (κ1) is 15.8. The molecule has 21 heavy (non-hydrogen) atoms. The number of hydrogen-bond donors (Lipinski definition) is 2. The Kier molecular flexibility index (Phi) is 4.25. The minimum absolute atomic E-state index is 0.00898. The van der Waals surface area contributed by atoms with Crippen molar-refractivity contribution >= 4 is 21.6 Å². The van der Waals surface area contributed by atoms with E-state index in [9.17, 15) is 22.7 Å². The van der Waals surface area contributed by atoms with Gasteiger partial charge in [-0.2, -0.15) is 13.2 Å². The van der Waals surface area contributed by atoms with Crippen molar-refractivity contribution in [1.29, 1.82) is 0 Å². The maximum Gasteiger partial charge on any atom is 0.419 e. The van der Waals surface area contributed by atoms with Crippen LogP contribution in [0.5, 0.6) is 0 Å². The second-order valence-electron chi connectivity index (χ2n) is 4.41. The number of nitrogen functional groups attached to an aromatic ring is 1. The van der Waals surface area contributed by atoms with Gasteiger partial charge in [-0.3, -0.25) is 0 Å². The number of rotatable bonds is 2. The van der Waals surface area contributed by atoms with Gasteiger partial charge in [0, 0.05) is 15.7 Å². The molecule has 1 unspecified atom stereocenters. The third-order valence-corrected chi connectivity index (χ3v) is 3.45. The molecule has 0 aromatic heterocycles. The molecule has 0 saturated heterocycles. The zero-order valence-electron chi connectivity index (χ0n) is 10.5. The van der Waals surface area contributed by atoms with E-state index in [-0.39, 0.29) is 16.8 Å². The third-order valence-electron chi connectivity index (χ3n) is 2.96. The average molecular weight is 364 g/mol. The first-order valence-electron chi connectivity index (χ1n) is 5.80. The van der Waals surface area contributed by atoms with E-state index in [1.54, 1.807) is 6.07 Å². The molecule has 0 saturated carbocycles. The number of hydrogen-bond acceptors (Lipinski definition) is 2. The van der Waals surface area contributed by atoms with Crippen LogP contribution in [0.15, 0.2) is 40.9 Å². The normalized spacial score (nSPS) is 13.2. The van der Waals surface area contributed by atoms with E-state index >= 15 is 0 Å². The van der Waals surface area contributed by atoms with Gasteiger partial charge in [0.15, 0.2) is 0 Å². The van der Waals surface area contributed by atoms with Crippen LogP contribution < -0.4 is 5.73 Å². The van der Waals surface area contributed by atoms with Crippen molar-refractivity contribution in [2.75, 3.05) is 5.73 Å². The molecule has 1 atom stereocenters. The van der Waals surface area contributed by atoms with Crippen molar-refractivity contribution in [2.24, 2.45) is 0 Å². The monoisotopic (exact) mass is 363 g/mol. The van der Waals surface area contributed by atoms with Crippen molar-refractivity contribution in [1.82, 2.24) is 0 Å². The molecule has 0 bridgehead atoms. The lowest BCUT2D eigenvalue weighted by atomic mass is 9.98. The topological polar surface area (TPSA) is 46.2 Å². The van der Waals surface area contributed by atoms with Crippen LogP contribution in [0.25, 0.3) is 0 Å². The van der Waals surface area contributed by atoms with Gasteiger partial charge in [0.05, 0.1) is 5.56 Å². The maximum absolute atomic E-state index is 13.5. The minimum Gasteiger partial charge on any atom is -0.398 e. The quantitative estimate of drug-likeness (QED) is 0.618. The van der Waals surface area contributed by atoms with E-state index in [1.807, 2.05) is 0 Å². The molecule has 2 nitrogen and oxygen atoms in total. The predicted octanol–water partition coefficient (Wildman–Crippen LogP) is 4.27. The molecular weight excluding hydrogens is 354 g/mol. The standard InChI is InChI=1S/C14H10BrF4NO/c15-8-2-4-12(20)9(6-8)13(21)7-1-3-10(11(16)5-7)14(17,18)19/h1-6,13,21H,20H2. The van der Waals surface area contributed by atoms with Gasteiger partial charge in [-0.25, -0.2) is 4.39 Å². The van der Waals surface area contributed by atoms with E-state index < -0.39 is 23.7 Å². The Morgan fingerprint density at radius 2 is 1.76 bits per heavy atom. The van der Waals surface area contributed by atoms with E-state index in [0.29, 0.717) is 16.6 Å². The Hall–Kier alpha value is -1.60. The minimum atomic E-state index is -4.78. The smallest absolute Gasteiger partial charge is 0.398 e. The van der Waals surface area contributed by atoms with Crippen LogP contribution in [-0.2, 0) is 6.18 Å². The number of aliphatic hydroxyl groups excluding tert-OH is 1. The lowest BCUT2D eigenvalue weighted by Gasteiger charge is -2.16. The molecule has 0 amide bonds. The van der Waals surface area contributed by atoms with Gasteiger partial charge in [-0.15, -0.1) is 0 Å². The fourth-order valence-corrected chi connectivity index (χ4v) is 2.27. The van der Waals surface area contributed by atoms with Crippen LogP contribution in [0.1, 0.15) is 22.8 Å². The Bertz CT molecular complexity index is 673. The SMILES string of the molecule is Nc1ccc(Br)cc1C(O)c1ccc(C(F)(F)F)c(F)c1. The highest BCUT2D eigenvalue weighted by molar-refractivity contribution is 9.10. The third kappa shape index (κ3) is 3.36. The van der Waals surface area contributed by atoms with Crippen molar-refractivity contribution < 1.29 is 22.7 Å². The number of benzene rings is 2. The zero-order valence-corrected chi connectivity index (χ0v) is 12.0. The van der Waals surface area contributed by atoms with Gasteiger partial charge >= 0.3 is 6.18 Å². The molecular formula is C14H10BrF4NO. The largest absolute Gasteiger partial charge is 0.419 e. The summed E-state index contributed by atoms with van der Waals surface area (Å²) < 4.78 is 51.6. The lowest BCUT2D eigenvalue weighted by molar-refractivity contribution is -0.140. The van der Waals surface area contributed by atoms with Gasteiger partial charge in [0.1, 0.15) is 11.9 Å². The van der Waals surface area contributed by atoms with Crippen LogP contribution in [0.2, 0.25) is 0 Å². The number of nitrogens with two attached hydrogens (primary N) is 1. The summed E-state index contributed by atoms with van der Waals surface area (Å²) in [5.74, 6) is -1.44. The van der Waals surface area contributed by atoms with E-state index in [2.05, 4.69) is 15.9 Å². The number of aliphatic hydroxyl groups is 1. The number of anilines is 1. The molecule has 0 aliphatic carbocycles. The predicted molar refractivity (Wildman–Crippen MR) is 74.0 cm³/mol. The van der Waals surface area contributed by atoms with E-state index in [1.165, 1.54) is 12.1 Å². The summed E-state index contributed by atoms with van der Waals surface area (Å²) in [6, 6.07) is 6.99. The summed E-state index contributed by atoms with van der Waals surface area (Å²) in [7, 11) is 0. The van der Waals surface area contributed by atoms with Gasteiger partial charge in [-0.05, 0) is 35.9 Å². The van der Waals surface area contributed by atoms with Crippen LogP contribution >= 0.6 is 15.9 Å². The van der Waals surface area contributed by atoms with E-state index in [0.717, 1.165) is 6.07 Å². The molecule has 0 aliphatic heterocycles. The summed E-state index contributed by atoms with van der Waals surface area (Å²) in [4.78, 5) is 0. The molecule has 0 radical (unpaired) electrons. The Balaban J connectivity index is 2.43. The molecule has 0 fully saturated rings. The summed E-state index contributed by atoms with van der Waals surface area (Å²) in [5, 5.41) is 10.2. The molecule has 0 heterocycles. The highest BCUT2D eigenvalue weighted by Crippen LogP contribution is 2.34. The Labute approximate surface area is 126 Å². The molecule has 2 aromatic rings. The number of halogens is 5. The van der Waals surface area contributed by atoms with Crippen molar-refractivity contribution in [3.63, 3.8) is 0 Å². The van der Waals surface area contributed by atoms with Crippen molar-refractivity contribution in [3.8, 4) is 0 Å². The fraction of sp³-hybridized carbons (Fsp3) is 0.143. The maximum atomic E-state index is 13.5. The van der Waals surface area contributed by atoms with Crippen LogP contribution in [-0.4, -0.2) is 5.11 Å². The fourth-order valence-electron chi connectivity index (χ4n) is 1.89. The van der Waals surface area contributed by atoms with Gasteiger partial charge < -0.3 is 10.8 Å². The average Bonchev–Trinajstić information content (AvgIpc) is 2.39. The molecule has 2 rings (SSSR count). The first-order valence-corrected chi connectivity index (χ1v) is 6.59. The highest BCUT2D eigenvalue weighted by atomic mass is 79.9. The Morgan fingerprint density at radius 3 is 2.33 bits per heavy atom. The summed E-state index contributed by atoms with van der Waals surface area (Å²) in [5.41, 5.74) is 4.86. The van der Waals surface area contributed by atoms with Crippen LogP contribution in [0.4, 0.5) is 23.2 Å². The van der Waals surface area contributed by atoms with Gasteiger partial charge in [0.25, 0.3) is 0 Å². The lowest BCUT2D eigenvalue weighted by Crippen LogP contribution is -2.10. The Morgan fingerprint density at radius 1 is 1.10 bits per heavy atom. The molecule has 0 aliphatic rings. The van der Waals surface area contributed by atoms with Crippen LogP contribution in [0.3, 0.4) is 0 Å². The summed E-state index contributed by atoms with van der Waals surface area (Å²) in [6.45, 7) is 0. The van der Waals surface area contributed by atoms with Crippen molar-refractivity contribution in [3.05, 3.63) is 63.4 Å². The first-order chi connectivity index (χ1) is 9.70. The van der Waals surface area contributed by atoms with Gasteiger partial charge in [0.2, 0.25) is 0 Å². The molecule has 2 aromatic carbocycles. The highest BCUT2D eigenvalue weighted by Gasteiger charge is 2.34. The second-order valence-corrected chi connectivity index (χ2v) is 5.33. The summed E-state index contributed by atoms with van der Waals surface area (Å²) in [6.07, 6.45) is -6.10. The van der Waals surface area contributed by atoms with E-state index in [4.69, 9.17) is 5.73 Å². The van der Waals surface area contributed by atoms with Gasteiger partial charge in [-0.1, -0.05) is 22.0 Å². The second kappa shape index (κ2) is 5.65.